The molecule has 5 heteroatoms. The van der Waals surface area contributed by atoms with Gasteiger partial charge in [0.05, 0.1) is 6.54 Å². The molecule has 0 radical (unpaired) electrons. The van der Waals surface area contributed by atoms with E-state index in [1.54, 1.807) is 24.0 Å². The van der Waals surface area contributed by atoms with Crippen molar-refractivity contribution in [2.24, 2.45) is 7.05 Å². The molecule has 1 aromatic heterocycles. The lowest BCUT2D eigenvalue weighted by Gasteiger charge is -2.08. The smallest absolute Gasteiger partial charge is 0.328 e. The Morgan fingerprint density at radius 3 is 2.69 bits per heavy atom. The van der Waals surface area contributed by atoms with Crippen molar-refractivity contribution >= 4 is 21.6 Å². The second-order valence-electron chi connectivity index (χ2n) is 3.63. The average Bonchev–Trinajstić information content (AvgIpc) is 2.55. The van der Waals surface area contributed by atoms with E-state index in [0.29, 0.717) is 12.2 Å². The molecule has 0 spiro atoms. The van der Waals surface area contributed by atoms with E-state index in [0.717, 1.165) is 10.0 Å². The van der Waals surface area contributed by atoms with Crippen molar-refractivity contribution in [3.63, 3.8) is 0 Å². The van der Waals surface area contributed by atoms with Crippen LogP contribution in [0.2, 0.25) is 0 Å². The number of halogens is 1. The Balaban J connectivity index is 2.42. The second-order valence-corrected chi connectivity index (χ2v) is 4.48. The Labute approximate surface area is 101 Å². The predicted molar refractivity (Wildman–Crippen MR) is 67.3 cm³/mol. The summed E-state index contributed by atoms with van der Waals surface area (Å²) in [7, 11) is 1.72. The molecule has 2 aromatic rings. The molecule has 0 saturated carbocycles. The van der Waals surface area contributed by atoms with E-state index in [2.05, 4.69) is 15.9 Å². The number of nitrogens with zero attached hydrogens (tertiary/aromatic N) is 2. The van der Waals surface area contributed by atoms with E-state index in [4.69, 9.17) is 5.73 Å². The normalized spacial score (nSPS) is 10.6. The molecule has 4 nitrogen and oxygen atoms in total. The minimum absolute atomic E-state index is 0.0462. The Kier molecular flexibility index (Phi) is 2.87. The standard InChI is InChI=1S/C11H12BrN3O/c1-14-5-6-15(11(14)16)7-8-9(12)3-2-4-10(8)13/h2-6H,7,13H2,1H3. The molecule has 2 N–H and O–H groups in total. The Bertz CT molecular complexity index is 551. The predicted octanol–water partition coefficient (Wildman–Crippen LogP) is 1.58. The van der Waals surface area contributed by atoms with Gasteiger partial charge in [0, 0.05) is 35.2 Å². The summed E-state index contributed by atoms with van der Waals surface area (Å²) >= 11 is 3.43. The molecule has 0 bridgehead atoms. The van der Waals surface area contributed by atoms with Gasteiger partial charge in [0.25, 0.3) is 0 Å². The van der Waals surface area contributed by atoms with Crippen molar-refractivity contribution in [1.82, 2.24) is 9.13 Å². The molecular formula is C11H12BrN3O. The Hall–Kier alpha value is -1.49. The van der Waals surface area contributed by atoms with Gasteiger partial charge >= 0.3 is 5.69 Å². The van der Waals surface area contributed by atoms with Crippen molar-refractivity contribution in [3.8, 4) is 0 Å². The SMILES string of the molecule is Cn1ccn(Cc2c(N)cccc2Br)c1=O. The summed E-state index contributed by atoms with van der Waals surface area (Å²) in [6, 6.07) is 5.62. The second kappa shape index (κ2) is 4.17. The van der Waals surface area contributed by atoms with E-state index in [9.17, 15) is 4.79 Å². The first-order chi connectivity index (χ1) is 7.59. The molecule has 2 rings (SSSR count). The summed E-state index contributed by atoms with van der Waals surface area (Å²) in [6.07, 6.45) is 3.48. The van der Waals surface area contributed by atoms with Gasteiger partial charge in [-0.25, -0.2) is 4.79 Å². The highest BCUT2D eigenvalue weighted by molar-refractivity contribution is 9.10. The number of rotatable bonds is 2. The number of aromatic nitrogens is 2. The number of anilines is 1. The van der Waals surface area contributed by atoms with Gasteiger partial charge in [-0.05, 0) is 12.1 Å². The monoisotopic (exact) mass is 281 g/mol. The van der Waals surface area contributed by atoms with Gasteiger partial charge in [-0.15, -0.1) is 0 Å². The molecule has 0 fully saturated rings. The van der Waals surface area contributed by atoms with Crippen molar-refractivity contribution in [2.45, 2.75) is 6.54 Å². The summed E-state index contributed by atoms with van der Waals surface area (Å²) in [5, 5.41) is 0. The van der Waals surface area contributed by atoms with Crippen molar-refractivity contribution < 1.29 is 0 Å². The maximum absolute atomic E-state index is 11.7. The van der Waals surface area contributed by atoms with Crippen LogP contribution in [0.5, 0.6) is 0 Å². The van der Waals surface area contributed by atoms with Gasteiger partial charge < -0.3 is 10.3 Å². The molecule has 84 valence electrons. The zero-order chi connectivity index (χ0) is 11.7. The fraction of sp³-hybridized carbons (Fsp3) is 0.182. The maximum atomic E-state index is 11.7. The number of nitrogens with two attached hydrogens (primary N) is 1. The lowest BCUT2D eigenvalue weighted by atomic mass is 10.2. The van der Waals surface area contributed by atoms with Gasteiger partial charge in [0.2, 0.25) is 0 Å². The molecule has 16 heavy (non-hydrogen) atoms. The highest BCUT2D eigenvalue weighted by Crippen LogP contribution is 2.22. The summed E-state index contributed by atoms with van der Waals surface area (Å²) in [6.45, 7) is 0.479. The van der Waals surface area contributed by atoms with Gasteiger partial charge in [0.1, 0.15) is 0 Å². The third kappa shape index (κ3) is 1.90. The van der Waals surface area contributed by atoms with Crippen molar-refractivity contribution in [3.05, 3.63) is 51.1 Å². The van der Waals surface area contributed by atoms with Gasteiger partial charge in [0.15, 0.2) is 0 Å². The maximum Gasteiger partial charge on any atom is 0.328 e. The first kappa shape index (κ1) is 11.0. The fourth-order valence-electron chi connectivity index (χ4n) is 1.54. The number of benzene rings is 1. The van der Waals surface area contributed by atoms with Crippen LogP contribution in [0, 0.1) is 0 Å². The van der Waals surface area contributed by atoms with Crippen LogP contribution in [-0.2, 0) is 13.6 Å². The van der Waals surface area contributed by atoms with E-state index in [1.165, 1.54) is 4.57 Å². The lowest BCUT2D eigenvalue weighted by molar-refractivity contribution is 0.717. The first-order valence-electron chi connectivity index (χ1n) is 4.84. The number of aryl methyl sites for hydroxylation is 1. The van der Waals surface area contributed by atoms with Crippen LogP contribution >= 0.6 is 15.9 Å². The summed E-state index contributed by atoms with van der Waals surface area (Å²) < 4.78 is 4.08. The Morgan fingerprint density at radius 1 is 1.38 bits per heavy atom. The highest BCUT2D eigenvalue weighted by atomic mass is 79.9. The van der Waals surface area contributed by atoms with Crippen LogP contribution in [-0.4, -0.2) is 9.13 Å². The molecule has 0 saturated heterocycles. The highest BCUT2D eigenvalue weighted by Gasteiger charge is 2.07. The van der Waals surface area contributed by atoms with E-state index in [-0.39, 0.29) is 5.69 Å². The van der Waals surface area contributed by atoms with Gasteiger partial charge in [-0.1, -0.05) is 22.0 Å². The van der Waals surface area contributed by atoms with Crippen LogP contribution in [0.1, 0.15) is 5.56 Å². The lowest BCUT2D eigenvalue weighted by Crippen LogP contribution is -2.22. The third-order valence-electron chi connectivity index (χ3n) is 2.50. The van der Waals surface area contributed by atoms with Crippen LogP contribution in [0.4, 0.5) is 5.69 Å². The molecule has 1 heterocycles. The fourth-order valence-corrected chi connectivity index (χ4v) is 2.05. The molecule has 0 aliphatic carbocycles. The third-order valence-corrected chi connectivity index (χ3v) is 3.24. The molecule has 0 aliphatic rings. The topological polar surface area (TPSA) is 52.9 Å². The van der Waals surface area contributed by atoms with E-state index < -0.39 is 0 Å². The zero-order valence-electron chi connectivity index (χ0n) is 8.85. The number of hydrogen-bond donors (Lipinski definition) is 1. The molecule has 0 amide bonds. The van der Waals surface area contributed by atoms with E-state index in [1.807, 2.05) is 18.2 Å². The van der Waals surface area contributed by atoms with Crippen molar-refractivity contribution in [1.29, 1.82) is 0 Å². The van der Waals surface area contributed by atoms with Crippen LogP contribution in [0.3, 0.4) is 0 Å². The van der Waals surface area contributed by atoms with E-state index >= 15 is 0 Å². The molecule has 0 unspecified atom stereocenters. The van der Waals surface area contributed by atoms with Gasteiger partial charge in [-0.3, -0.25) is 4.57 Å². The van der Waals surface area contributed by atoms with Crippen molar-refractivity contribution in [2.75, 3.05) is 5.73 Å². The summed E-state index contributed by atoms with van der Waals surface area (Å²) in [4.78, 5) is 11.7. The molecule has 1 aromatic carbocycles. The Morgan fingerprint density at radius 2 is 2.12 bits per heavy atom. The largest absolute Gasteiger partial charge is 0.398 e. The van der Waals surface area contributed by atoms with Crippen LogP contribution in [0.25, 0.3) is 0 Å². The first-order valence-corrected chi connectivity index (χ1v) is 5.63. The van der Waals surface area contributed by atoms with Gasteiger partial charge in [-0.2, -0.15) is 0 Å². The van der Waals surface area contributed by atoms with Crippen LogP contribution < -0.4 is 11.4 Å². The quantitative estimate of drug-likeness (QED) is 0.850. The molecular weight excluding hydrogens is 270 g/mol. The number of imidazole rings is 1. The number of hydrogen-bond acceptors (Lipinski definition) is 2. The zero-order valence-corrected chi connectivity index (χ0v) is 10.4. The minimum Gasteiger partial charge on any atom is -0.398 e. The number of nitrogen functional groups attached to an aromatic ring is 1. The molecule has 0 aliphatic heterocycles. The van der Waals surface area contributed by atoms with Crippen LogP contribution in [0.15, 0.2) is 39.9 Å². The average molecular weight is 282 g/mol. The molecule has 0 atom stereocenters. The summed E-state index contributed by atoms with van der Waals surface area (Å²) in [5.74, 6) is 0. The summed E-state index contributed by atoms with van der Waals surface area (Å²) in [5.41, 5.74) is 7.44. The minimum atomic E-state index is -0.0462.